The molecule has 0 saturated carbocycles. The summed E-state index contributed by atoms with van der Waals surface area (Å²) in [5.41, 5.74) is 0.540. The number of carbonyl (C=O) groups excluding carboxylic acids is 2. The van der Waals surface area contributed by atoms with E-state index in [9.17, 15) is 14.0 Å². The van der Waals surface area contributed by atoms with E-state index in [-0.39, 0.29) is 28.8 Å². The normalized spacial score (nSPS) is 16.6. The highest BCUT2D eigenvalue weighted by Gasteiger charge is 2.29. The molecule has 1 heterocycles. The molecule has 3 nitrogen and oxygen atoms in total. The molecular formula is C18H24FNO2. The SMILES string of the molecule is CC(C)(C)CC(=O)N1CCC(C(=O)c2ccc(F)cc2)CC1. The number of likely N-dealkylation sites (tertiary alicyclic amines) is 1. The average Bonchev–Trinajstić information content (AvgIpc) is 2.46. The van der Waals surface area contributed by atoms with Crippen molar-refractivity contribution in [3.05, 3.63) is 35.6 Å². The standard InChI is InChI=1S/C18H24FNO2/c1-18(2,3)12-16(21)20-10-8-14(9-11-20)17(22)13-4-6-15(19)7-5-13/h4-7,14H,8-12H2,1-3H3. The van der Waals surface area contributed by atoms with Gasteiger partial charge in [0.1, 0.15) is 5.82 Å². The second kappa shape index (κ2) is 6.59. The summed E-state index contributed by atoms with van der Waals surface area (Å²) in [4.78, 5) is 26.4. The number of ketones is 1. The Morgan fingerprint density at radius 2 is 1.68 bits per heavy atom. The maximum absolute atomic E-state index is 12.9. The highest BCUT2D eigenvalue weighted by molar-refractivity contribution is 5.98. The molecule has 0 spiro atoms. The van der Waals surface area contributed by atoms with Crippen LogP contribution in [0.15, 0.2) is 24.3 Å². The number of nitrogens with zero attached hydrogens (tertiary/aromatic N) is 1. The summed E-state index contributed by atoms with van der Waals surface area (Å²) >= 11 is 0. The van der Waals surface area contributed by atoms with E-state index < -0.39 is 0 Å². The van der Waals surface area contributed by atoms with Crippen LogP contribution in [0.2, 0.25) is 0 Å². The number of piperidine rings is 1. The lowest BCUT2D eigenvalue weighted by molar-refractivity contribution is -0.134. The van der Waals surface area contributed by atoms with E-state index in [0.29, 0.717) is 37.9 Å². The van der Waals surface area contributed by atoms with Crippen molar-refractivity contribution < 1.29 is 14.0 Å². The zero-order valence-electron chi connectivity index (χ0n) is 13.6. The van der Waals surface area contributed by atoms with Crippen LogP contribution < -0.4 is 0 Å². The van der Waals surface area contributed by atoms with E-state index in [2.05, 4.69) is 20.8 Å². The van der Waals surface area contributed by atoms with Crippen LogP contribution >= 0.6 is 0 Å². The molecule has 0 aliphatic carbocycles. The van der Waals surface area contributed by atoms with Gasteiger partial charge in [-0.15, -0.1) is 0 Å². The fourth-order valence-electron chi connectivity index (χ4n) is 2.81. The molecule has 1 saturated heterocycles. The molecule has 1 aliphatic rings. The smallest absolute Gasteiger partial charge is 0.223 e. The van der Waals surface area contributed by atoms with Gasteiger partial charge in [0.05, 0.1) is 0 Å². The first kappa shape index (κ1) is 16.7. The largest absolute Gasteiger partial charge is 0.343 e. The number of carbonyl (C=O) groups is 2. The maximum atomic E-state index is 12.9. The summed E-state index contributed by atoms with van der Waals surface area (Å²) in [6.45, 7) is 7.42. The molecule has 0 aromatic heterocycles. The summed E-state index contributed by atoms with van der Waals surface area (Å²) in [6.07, 6.45) is 1.90. The van der Waals surface area contributed by atoms with Gasteiger partial charge in [-0.1, -0.05) is 20.8 Å². The fraction of sp³-hybridized carbons (Fsp3) is 0.556. The molecule has 1 fully saturated rings. The Morgan fingerprint density at radius 3 is 2.18 bits per heavy atom. The van der Waals surface area contributed by atoms with Crippen LogP contribution in [0.25, 0.3) is 0 Å². The van der Waals surface area contributed by atoms with Gasteiger partial charge in [0.15, 0.2) is 5.78 Å². The number of benzene rings is 1. The Morgan fingerprint density at radius 1 is 1.14 bits per heavy atom. The molecule has 0 unspecified atom stereocenters. The van der Waals surface area contributed by atoms with E-state index in [1.807, 2.05) is 4.90 Å². The third-order valence-corrected chi connectivity index (χ3v) is 4.03. The Bertz CT molecular complexity index is 537. The summed E-state index contributed by atoms with van der Waals surface area (Å²) < 4.78 is 12.9. The summed E-state index contributed by atoms with van der Waals surface area (Å²) in [5.74, 6) is -0.175. The maximum Gasteiger partial charge on any atom is 0.223 e. The molecule has 120 valence electrons. The minimum Gasteiger partial charge on any atom is -0.343 e. The molecule has 0 bridgehead atoms. The number of hydrogen-bond acceptors (Lipinski definition) is 2. The van der Waals surface area contributed by atoms with Gasteiger partial charge in [0.2, 0.25) is 5.91 Å². The van der Waals surface area contributed by atoms with Crippen LogP contribution in [0.3, 0.4) is 0 Å². The monoisotopic (exact) mass is 305 g/mol. The van der Waals surface area contributed by atoms with Crippen LogP contribution in [-0.4, -0.2) is 29.7 Å². The highest BCUT2D eigenvalue weighted by Crippen LogP contribution is 2.25. The molecular weight excluding hydrogens is 281 g/mol. The van der Waals surface area contributed by atoms with Crippen LogP contribution in [0, 0.1) is 17.2 Å². The quantitative estimate of drug-likeness (QED) is 0.799. The Hall–Kier alpha value is -1.71. The molecule has 1 aromatic rings. The first-order valence-electron chi connectivity index (χ1n) is 7.84. The molecule has 1 amide bonds. The van der Waals surface area contributed by atoms with Gasteiger partial charge in [0.25, 0.3) is 0 Å². The first-order chi connectivity index (χ1) is 10.3. The molecule has 0 radical (unpaired) electrons. The Labute approximate surface area is 131 Å². The van der Waals surface area contributed by atoms with Crippen molar-refractivity contribution in [1.82, 2.24) is 4.90 Å². The molecule has 4 heteroatoms. The lowest BCUT2D eigenvalue weighted by Crippen LogP contribution is -2.41. The van der Waals surface area contributed by atoms with Gasteiger partial charge in [-0.2, -0.15) is 0 Å². The van der Waals surface area contributed by atoms with E-state index in [1.54, 1.807) is 0 Å². The Kier molecular flexibility index (Phi) is 4.99. The molecule has 2 rings (SSSR count). The van der Waals surface area contributed by atoms with Gasteiger partial charge in [0, 0.05) is 31.0 Å². The van der Waals surface area contributed by atoms with Crippen LogP contribution in [0.4, 0.5) is 4.39 Å². The van der Waals surface area contributed by atoms with E-state index >= 15 is 0 Å². The third kappa shape index (κ3) is 4.39. The van der Waals surface area contributed by atoms with Crippen molar-refractivity contribution in [2.75, 3.05) is 13.1 Å². The van der Waals surface area contributed by atoms with Gasteiger partial charge in [-0.3, -0.25) is 9.59 Å². The Balaban J connectivity index is 1.90. The second-order valence-corrected chi connectivity index (χ2v) is 7.26. The molecule has 22 heavy (non-hydrogen) atoms. The van der Waals surface area contributed by atoms with Crippen molar-refractivity contribution >= 4 is 11.7 Å². The van der Waals surface area contributed by atoms with Gasteiger partial charge in [-0.05, 0) is 42.5 Å². The lowest BCUT2D eigenvalue weighted by atomic mass is 9.87. The topological polar surface area (TPSA) is 37.4 Å². The van der Waals surface area contributed by atoms with E-state index in [0.717, 1.165) is 0 Å². The van der Waals surface area contributed by atoms with Gasteiger partial charge < -0.3 is 4.90 Å². The van der Waals surface area contributed by atoms with Crippen LogP contribution in [0.1, 0.15) is 50.4 Å². The molecule has 0 N–H and O–H groups in total. The number of halogens is 1. The summed E-state index contributed by atoms with van der Waals surface area (Å²) in [7, 11) is 0. The van der Waals surface area contributed by atoms with Gasteiger partial charge in [-0.25, -0.2) is 4.39 Å². The predicted octanol–water partition coefficient (Wildman–Crippen LogP) is 3.68. The molecule has 0 atom stereocenters. The predicted molar refractivity (Wildman–Crippen MR) is 84.1 cm³/mol. The number of Topliss-reactive ketones (excluding diaryl/α,β-unsaturated/α-hetero) is 1. The van der Waals surface area contributed by atoms with Crippen molar-refractivity contribution in [3.63, 3.8) is 0 Å². The van der Waals surface area contributed by atoms with E-state index in [4.69, 9.17) is 0 Å². The summed E-state index contributed by atoms with van der Waals surface area (Å²) in [6, 6.07) is 5.70. The number of amides is 1. The van der Waals surface area contributed by atoms with Crippen molar-refractivity contribution in [3.8, 4) is 0 Å². The molecule has 1 aliphatic heterocycles. The molecule has 1 aromatic carbocycles. The third-order valence-electron chi connectivity index (χ3n) is 4.03. The minimum absolute atomic E-state index is 0.0160. The van der Waals surface area contributed by atoms with Crippen molar-refractivity contribution in [2.24, 2.45) is 11.3 Å². The van der Waals surface area contributed by atoms with Crippen molar-refractivity contribution in [1.29, 1.82) is 0 Å². The highest BCUT2D eigenvalue weighted by atomic mass is 19.1. The van der Waals surface area contributed by atoms with Crippen LogP contribution in [0.5, 0.6) is 0 Å². The summed E-state index contributed by atoms with van der Waals surface area (Å²) in [5, 5.41) is 0. The average molecular weight is 305 g/mol. The minimum atomic E-state index is -0.334. The van der Waals surface area contributed by atoms with Gasteiger partial charge >= 0.3 is 0 Å². The van der Waals surface area contributed by atoms with Crippen molar-refractivity contribution in [2.45, 2.75) is 40.0 Å². The van der Waals surface area contributed by atoms with E-state index in [1.165, 1.54) is 24.3 Å². The number of hydrogen-bond donors (Lipinski definition) is 0. The van der Waals surface area contributed by atoms with Crippen LogP contribution in [-0.2, 0) is 4.79 Å². The second-order valence-electron chi connectivity index (χ2n) is 7.26. The first-order valence-corrected chi connectivity index (χ1v) is 7.84. The fourth-order valence-corrected chi connectivity index (χ4v) is 2.81. The zero-order chi connectivity index (χ0) is 16.3. The number of rotatable bonds is 3. The lowest BCUT2D eigenvalue weighted by Gasteiger charge is -2.33. The zero-order valence-corrected chi connectivity index (χ0v) is 13.6.